The number of benzene rings is 1. The van der Waals surface area contributed by atoms with E-state index in [9.17, 15) is 9.50 Å². The van der Waals surface area contributed by atoms with Crippen molar-refractivity contribution >= 4 is 0 Å². The molecule has 2 rings (SSSR count). The Hall–Kier alpha value is -0.970. The van der Waals surface area contributed by atoms with E-state index in [4.69, 9.17) is 4.74 Å². The molecule has 1 N–H and O–H groups in total. The third-order valence-electron chi connectivity index (χ3n) is 3.53. The van der Waals surface area contributed by atoms with Crippen molar-refractivity contribution in [3.63, 3.8) is 0 Å². The first-order valence-corrected chi connectivity index (χ1v) is 6.38. The summed E-state index contributed by atoms with van der Waals surface area (Å²) in [4.78, 5) is 2.18. The largest absolute Gasteiger partial charge is 0.387 e. The minimum Gasteiger partial charge on any atom is -0.387 e. The van der Waals surface area contributed by atoms with Crippen molar-refractivity contribution in [2.75, 3.05) is 26.8 Å². The Morgan fingerprint density at radius 3 is 3.00 bits per heavy atom. The number of methoxy groups -OCH3 is 1. The molecule has 18 heavy (non-hydrogen) atoms. The zero-order valence-electron chi connectivity index (χ0n) is 10.7. The van der Waals surface area contributed by atoms with Crippen molar-refractivity contribution in [1.29, 1.82) is 0 Å². The molecular formula is C14H20FNO2. The summed E-state index contributed by atoms with van der Waals surface area (Å²) in [5.41, 5.74) is 0.376. The molecule has 0 radical (unpaired) electrons. The van der Waals surface area contributed by atoms with Crippen molar-refractivity contribution in [3.05, 3.63) is 35.6 Å². The van der Waals surface area contributed by atoms with Crippen LogP contribution in [0.2, 0.25) is 0 Å². The van der Waals surface area contributed by atoms with Crippen LogP contribution >= 0.6 is 0 Å². The van der Waals surface area contributed by atoms with E-state index in [1.165, 1.54) is 6.07 Å². The van der Waals surface area contributed by atoms with Crippen LogP contribution in [0.15, 0.2) is 24.3 Å². The van der Waals surface area contributed by atoms with Crippen LogP contribution < -0.4 is 0 Å². The lowest BCUT2D eigenvalue weighted by Gasteiger charge is -2.26. The average molecular weight is 253 g/mol. The number of aliphatic hydroxyl groups excluding tert-OH is 1. The topological polar surface area (TPSA) is 32.7 Å². The molecule has 2 unspecified atom stereocenters. The van der Waals surface area contributed by atoms with Gasteiger partial charge < -0.3 is 9.84 Å². The summed E-state index contributed by atoms with van der Waals surface area (Å²) in [5, 5.41) is 10.1. The van der Waals surface area contributed by atoms with Crippen LogP contribution in [-0.2, 0) is 4.74 Å². The van der Waals surface area contributed by atoms with Gasteiger partial charge in [-0.15, -0.1) is 0 Å². The number of aliphatic hydroxyl groups is 1. The Bertz CT molecular complexity index is 386. The molecule has 1 aromatic rings. The number of rotatable bonds is 5. The van der Waals surface area contributed by atoms with Crippen molar-refractivity contribution < 1.29 is 14.2 Å². The van der Waals surface area contributed by atoms with Gasteiger partial charge in [0.05, 0.1) is 12.7 Å². The van der Waals surface area contributed by atoms with Crippen LogP contribution in [0, 0.1) is 5.82 Å². The zero-order chi connectivity index (χ0) is 13.0. The number of hydrogen-bond donors (Lipinski definition) is 1. The van der Waals surface area contributed by atoms with E-state index in [-0.39, 0.29) is 5.82 Å². The number of β-amino-alcohol motifs (C(OH)–C–C–N with tert-alkyl or cyclic N) is 1. The van der Waals surface area contributed by atoms with Gasteiger partial charge in [-0.05, 0) is 25.5 Å². The first-order valence-electron chi connectivity index (χ1n) is 6.38. The molecule has 1 heterocycles. The molecule has 1 aliphatic heterocycles. The lowest BCUT2D eigenvalue weighted by atomic mass is 10.1. The van der Waals surface area contributed by atoms with Crippen LogP contribution in [0.3, 0.4) is 0 Å². The summed E-state index contributed by atoms with van der Waals surface area (Å²) >= 11 is 0. The Balaban J connectivity index is 1.98. The van der Waals surface area contributed by atoms with E-state index in [0.29, 0.717) is 24.8 Å². The lowest BCUT2D eigenvalue weighted by molar-refractivity contribution is 0.0688. The number of halogens is 1. The summed E-state index contributed by atoms with van der Waals surface area (Å²) < 4.78 is 18.7. The molecular weight excluding hydrogens is 233 g/mol. The highest BCUT2D eigenvalue weighted by molar-refractivity contribution is 5.20. The van der Waals surface area contributed by atoms with Gasteiger partial charge in [0.2, 0.25) is 0 Å². The first kappa shape index (κ1) is 13.5. The quantitative estimate of drug-likeness (QED) is 0.871. The van der Waals surface area contributed by atoms with Gasteiger partial charge in [0.25, 0.3) is 0 Å². The molecule has 0 aliphatic carbocycles. The second-order valence-electron chi connectivity index (χ2n) is 4.78. The number of nitrogens with zero attached hydrogens (tertiary/aromatic N) is 1. The molecule has 3 nitrogen and oxygen atoms in total. The minimum absolute atomic E-state index is 0.340. The van der Waals surface area contributed by atoms with Gasteiger partial charge in [-0.2, -0.15) is 0 Å². The van der Waals surface area contributed by atoms with E-state index < -0.39 is 6.10 Å². The predicted molar refractivity (Wildman–Crippen MR) is 67.8 cm³/mol. The van der Waals surface area contributed by atoms with E-state index in [1.54, 1.807) is 25.3 Å². The highest BCUT2D eigenvalue weighted by atomic mass is 19.1. The fraction of sp³-hybridized carbons (Fsp3) is 0.571. The summed E-state index contributed by atoms with van der Waals surface area (Å²) in [5.74, 6) is -0.340. The Morgan fingerprint density at radius 2 is 2.28 bits per heavy atom. The van der Waals surface area contributed by atoms with Gasteiger partial charge >= 0.3 is 0 Å². The smallest absolute Gasteiger partial charge is 0.129 e. The maximum absolute atomic E-state index is 13.6. The standard InChI is InChI=1S/C14H20FNO2/c1-18-10-11-5-4-8-16(11)9-14(17)12-6-2-3-7-13(12)15/h2-3,6-7,11,14,17H,4-5,8-10H2,1H3. The molecule has 0 bridgehead atoms. The molecule has 0 spiro atoms. The molecule has 0 aromatic heterocycles. The van der Waals surface area contributed by atoms with Crippen LogP contribution in [0.25, 0.3) is 0 Å². The Kier molecular flexibility index (Phi) is 4.69. The molecule has 1 fully saturated rings. The second-order valence-corrected chi connectivity index (χ2v) is 4.78. The molecule has 4 heteroatoms. The third-order valence-corrected chi connectivity index (χ3v) is 3.53. The highest BCUT2D eigenvalue weighted by Crippen LogP contribution is 2.23. The van der Waals surface area contributed by atoms with Crippen LogP contribution in [0.4, 0.5) is 4.39 Å². The first-order chi connectivity index (χ1) is 8.72. The number of hydrogen-bond acceptors (Lipinski definition) is 3. The van der Waals surface area contributed by atoms with E-state index in [0.717, 1.165) is 19.4 Å². The molecule has 100 valence electrons. The van der Waals surface area contributed by atoms with Gasteiger partial charge in [-0.1, -0.05) is 18.2 Å². The Labute approximate surface area is 107 Å². The molecule has 0 saturated carbocycles. The summed E-state index contributed by atoms with van der Waals surface area (Å²) in [6.45, 7) is 2.08. The summed E-state index contributed by atoms with van der Waals surface area (Å²) in [6.07, 6.45) is 1.42. The van der Waals surface area contributed by atoms with Gasteiger partial charge in [-0.3, -0.25) is 4.90 Å². The normalized spacial score (nSPS) is 22.3. The maximum atomic E-state index is 13.6. The monoisotopic (exact) mass is 253 g/mol. The fourth-order valence-corrected chi connectivity index (χ4v) is 2.58. The SMILES string of the molecule is COCC1CCCN1CC(O)c1ccccc1F. The number of ether oxygens (including phenoxy) is 1. The van der Waals surface area contributed by atoms with Gasteiger partial charge in [0.1, 0.15) is 5.82 Å². The molecule has 2 atom stereocenters. The van der Waals surface area contributed by atoms with Gasteiger partial charge in [-0.25, -0.2) is 4.39 Å². The van der Waals surface area contributed by atoms with Crippen molar-refractivity contribution in [3.8, 4) is 0 Å². The highest BCUT2D eigenvalue weighted by Gasteiger charge is 2.27. The van der Waals surface area contributed by atoms with E-state index in [2.05, 4.69) is 4.90 Å². The maximum Gasteiger partial charge on any atom is 0.129 e. The second kappa shape index (κ2) is 6.27. The van der Waals surface area contributed by atoms with Crippen molar-refractivity contribution in [2.45, 2.75) is 25.0 Å². The lowest BCUT2D eigenvalue weighted by Crippen LogP contribution is -2.36. The number of likely N-dealkylation sites (tertiary alicyclic amines) is 1. The van der Waals surface area contributed by atoms with Gasteiger partial charge in [0.15, 0.2) is 0 Å². The van der Waals surface area contributed by atoms with Crippen molar-refractivity contribution in [1.82, 2.24) is 4.90 Å². The van der Waals surface area contributed by atoms with Crippen LogP contribution in [-0.4, -0.2) is 42.9 Å². The minimum atomic E-state index is -0.774. The average Bonchev–Trinajstić information content (AvgIpc) is 2.78. The fourth-order valence-electron chi connectivity index (χ4n) is 2.58. The van der Waals surface area contributed by atoms with Gasteiger partial charge in [0, 0.05) is 25.3 Å². The Morgan fingerprint density at radius 1 is 1.50 bits per heavy atom. The van der Waals surface area contributed by atoms with Crippen LogP contribution in [0.1, 0.15) is 24.5 Å². The van der Waals surface area contributed by atoms with Crippen LogP contribution in [0.5, 0.6) is 0 Å². The van der Waals surface area contributed by atoms with Crippen molar-refractivity contribution in [2.24, 2.45) is 0 Å². The molecule has 1 saturated heterocycles. The summed E-state index contributed by atoms with van der Waals surface area (Å²) in [6, 6.07) is 6.75. The predicted octanol–water partition coefficient (Wildman–Crippen LogP) is 1.97. The molecule has 1 aliphatic rings. The molecule has 1 aromatic carbocycles. The van der Waals surface area contributed by atoms with E-state index in [1.807, 2.05) is 0 Å². The van der Waals surface area contributed by atoms with E-state index >= 15 is 0 Å². The zero-order valence-corrected chi connectivity index (χ0v) is 10.7. The third kappa shape index (κ3) is 3.07. The summed E-state index contributed by atoms with van der Waals surface area (Å²) in [7, 11) is 1.68. The molecule has 0 amide bonds.